The predicted octanol–water partition coefficient (Wildman–Crippen LogP) is 2.80. The molecule has 8 nitrogen and oxygen atoms in total. The van der Waals surface area contributed by atoms with Crippen molar-refractivity contribution in [1.82, 2.24) is 29.4 Å². The Balaban J connectivity index is 1.22. The van der Waals surface area contributed by atoms with Gasteiger partial charge in [-0.3, -0.25) is 24.1 Å². The van der Waals surface area contributed by atoms with Crippen molar-refractivity contribution in [2.45, 2.75) is 19.4 Å². The average Bonchev–Trinajstić information content (AvgIpc) is 2.85. The van der Waals surface area contributed by atoms with Crippen molar-refractivity contribution in [2.24, 2.45) is 5.92 Å². The van der Waals surface area contributed by atoms with Gasteiger partial charge >= 0.3 is 0 Å². The monoisotopic (exact) mass is 426 g/mol. The minimum Gasteiger partial charge on any atom is -0.337 e. The van der Waals surface area contributed by atoms with Crippen LogP contribution in [0.5, 0.6) is 0 Å². The van der Waals surface area contributed by atoms with E-state index in [1.807, 2.05) is 41.3 Å². The van der Waals surface area contributed by atoms with Crippen LogP contribution in [-0.4, -0.2) is 48.4 Å². The molecule has 1 aromatic carbocycles. The topological polar surface area (TPSA) is 93.9 Å². The van der Waals surface area contributed by atoms with Crippen LogP contribution >= 0.6 is 0 Å². The van der Waals surface area contributed by atoms with E-state index in [2.05, 4.69) is 19.9 Å². The number of pyridine rings is 1. The number of amides is 1. The molecule has 1 amide bonds. The van der Waals surface area contributed by atoms with E-state index in [4.69, 9.17) is 0 Å². The number of hydrogen-bond donors (Lipinski definition) is 0. The van der Waals surface area contributed by atoms with E-state index in [-0.39, 0.29) is 11.5 Å². The van der Waals surface area contributed by atoms with Gasteiger partial charge in [-0.15, -0.1) is 0 Å². The van der Waals surface area contributed by atoms with Crippen LogP contribution in [0.4, 0.5) is 0 Å². The van der Waals surface area contributed by atoms with Gasteiger partial charge in [-0.1, -0.05) is 12.1 Å². The highest BCUT2D eigenvalue weighted by Gasteiger charge is 2.25. The van der Waals surface area contributed by atoms with Crippen molar-refractivity contribution in [3.8, 4) is 11.3 Å². The summed E-state index contributed by atoms with van der Waals surface area (Å²) < 4.78 is 1.65. The largest absolute Gasteiger partial charge is 0.337 e. The van der Waals surface area contributed by atoms with E-state index in [0.717, 1.165) is 29.4 Å². The minimum absolute atomic E-state index is 0.0724. The lowest BCUT2D eigenvalue weighted by Gasteiger charge is -2.32. The van der Waals surface area contributed by atoms with Crippen molar-refractivity contribution in [3.05, 3.63) is 83.4 Å². The van der Waals surface area contributed by atoms with Gasteiger partial charge in [0.05, 0.1) is 29.3 Å². The molecule has 0 saturated carbocycles. The molecule has 1 fully saturated rings. The minimum atomic E-state index is -0.0951. The summed E-state index contributed by atoms with van der Waals surface area (Å²) in [4.78, 5) is 44.5. The lowest BCUT2D eigenvalue weighted by Crippen LogP contribution is -2.40. The van der Waals surface area contributed by atoms with Crippen molar-refractivity contribution in [1.29, 1.82) is 0 Å². The third-order valence-corrected chi connectivity index (χ3v) is 5.88. The average molecular weight is 426 g/mol. The summed E-state index contributed by atoms with van der Waals surface area (Å²) in [6, 6.07) is 12.7. The van der Waals surface area contributed by atoms with Gasteiger partial charge in [0.15, 0.2) is 0 Å². The molecule has 0 unspecified atom stereocenters. The number of carbonyl (C=O) groups excluding carboxylic acids is 1. The molecule has 4 heterocycles. The van der Waals surface area contributed by atoms with Crippen LogP contribution in [0.3, 0.4) is 0 Å². The van der Waals surface area contributed by atoms with E-state index in [0.29, 0.717) is 36.9 Å². The van der Waals surface area contributed by atoms with Crippen molar-refractivity contribution >= 4 is 16.9 Å². The van der Waals surface area contributed by atoms with Gasteiger partial charge in [0.2, 0.25) is 0 Å². The van der Waals surface area contributed by atoms with Crippen LogP contribution < -0.4 is 5.56 Å². The molecule has 0 aliphatic carbocycles. The molecule has 0 spiro atoms. The number of likely N-dealkylation sites (tertiary alicyclic amines) is 1. The Morgan fingerprint density at radius 3 is 2.50 bits per heavy atom. The predicted molar refractivity (Wildman–Crippen MR) is 120 cm³/mol. The maximum atomic E-state index is 12.9. The first-order valence-electron chi connectivity index (χ1n) is 10.7. The zero-order chi connectivity index (χ0) is 21.9. The second kappa shape index (κ2) is 8.66. The summed E-state index contributed by atoms with van der Waals surface area (Å²) >= 11 is 0. The molecule has 0 N–H and O–H groups in total. The molecule has 5 rings (SSSR count). The summed E-state index contributed by atoms with van der Waals surface area (Å²) in [7, 11) is 0. The highest BCUT2D eigenvalue weighted by atomic mass is 16.2. The first-order valence-corrected chi connectivity index (χ1v) is 10.7. The van der Waals surface area contributed by atoms with Crippen LogP contribution in [-0.2, 0) is 6.54 Å². The number of nitrogens with zero attached hydrogens (tertiary/aromatic N) is 6. The van der Waals surface area contributed by atoms with E-state index >= 15 is 0 Å². The smallest absolute Gasteiger partial charge is 0.274 e. The Labute approximate surface area is 184 Å². The molecular weight excluding hydrogens is 404 g/mol. The summed E-state index contributed by atoms with van der Waals surface area (Å²) in [5.41, 5.74) is 3.30. The van der Waals surface area contributed by atoms with Crippen molar-refractivity contribution in [3.63, 3.8) is 0 Å². The van der Waals surface area contributed by atoms with Gasteiger partial charge in [-0.05, 0) is 43.0 Å². The zero-order valence-corrected chi connectivity index (χ0v) is 17.5. The Morgan fingerprint density at radius 2 is 1.75 bits per heavy atom. The number of piperidine rings is 1. The van der Waals surface area contributed by atoms with Gasteiger partial charge < -0.3 is 4.90 Å². The summed E-state index contributed by atoms with van der Waals surface area (Å²) in [5.74, 6) is 0.218. The highest BCUT2D eigenvalue weighted by Crippen LogP contribution is 2.21. The van der Waals surface area contributed by atoms with Crippen LogP contribution in [0.1, 0.15) is 23.3 Å². The standard InChI is InChI=1S/C24H22N6O2/c31-23-13-21(18-5-9-25-10-6-18)27-16-30(23)15-17-7-11-29(12-8-17)24(32)22-14-26-19-3-1-2-4-20(19)28-22/h1-6,9-10,13-14,16-17H,7-8,11-12,15H2. The third-order valence-electron chi connectivity index (χ3n) is 5.88. The molecule has 32 heavy (non-hydrogen) atoms. The van der Waals surface area contributed by atoms with Gasteiger partial charge in [-0.25, -0.2) is 9.97 Å². The molecule has 8 heteroatoms. The Bertz CT molecular complexity index is 1310. The third kappa shape index (κ3) is 4.12. The second-order valence-electron chi connectivity index (χ2n) is 7.98. The lowest BCUT2D eigenvalue weighted by atomic mass is 9.96. The second-order valence-corrected chi connectivity index (χ2v) is 7.98. The maximum absolute atomic E-state index is 12.9. The Kier molecular flexibility index (Phi) is 5.41. The van der Waals surface area contributed by atoms with Gasteiger partial charge in [0.1, 0.15) is 5.69 Å². The summed E-state index contributed by atoms with van der Waals surface area (Å²) in [5, 5.41) is 0. The van der Waals surface area contributed by atoms with Gasteiger partial charge in [-0.2, -0.15) is 0 Å². The summed E-state index contributed by atoms with van der Waals surface area (Å²) in [6.07, 6.45) is 8.17. The number of aromatic nitrogens is 5. The molecule has 4 aromatic rings. The highest BCUT2D eigenvalue weighted by molar-refractivity contribution is 5.93. The fraction of sp³-hybridized carbons (Fsp3) is 0.250. The first kappa shape index (κ1) is 20.0. The molecule has 1 saturated heterocycles. The number of fused-ring (bicyclic) bond motifs is 1. The molecule has 160 valence electrons. The van der Waals surface area contributed by atoms with E-state index in [1.165, 1.54) is 0 Å². The normalized spacial score (nSPS) is 14.6. The molecule has 1 aliphatic rings. The number of hydrogen-bond acceptors (Lipinski definition) is 6. The van der Waals surface area contributed by atoms with E-state index in [9.17, 15) is 9.59 Å². The molecule has 0 radical (unpaired) electrons. The molecule has 0 bridgehead atoms. The van der Waals surface area contributed by atoms with E-state index in [1.54, 1.807) is 35.6 Å². The number of carbonyl (C=O) groups is 1. The van der Waals surface area contributed by atoms with E-state index < -0.39 is 0 Å². The molecular formula is C24H22N6O2. The number of para-hydroxylation sites is 2. The Morgan fingerprint density at radius 1 is 1.00 bits per heavy atom. The van der Waals surface area contributed by atoms with Gasteiger partial charge in [0, 0.05) is 43.7 Å². The number of benzene rings is 1. The molecule has 0 atom stereocenters. The lowest BCUT2D eigenvalue weighted by molar-refractivity contribution is 0.0676. The zero-order valence-electron chi connectivity index (χ0n) is 17.5. The fourth-order valence-corrected chi connectivity index (χ4v) is 4.06. The molecule has 3 aromatic heterocycles. The fourth-order valence-electron chi connectivity index (χ4n) is 4.06. The SMILES string of the molecule is O=C(c1cnc2ccccc2n1)N1CCC(Cn2cnc(-c3ccncc3)cc2=O)CC1. The number of rotatable bonds is 4. The quantitative estimate of drug-likeness (QED) is 0.498. The van der Waals surface area contributed by atoms with Crippen LogP contribution in [0.2, 0.25) is 0 Å². The van der Waals surface area contributed by atoms with Gasteiger partial charge in [0.25, 0.3) is 11.5 Å². The maximum Gasteiger partial charge on any atom is 0.274 e. The van der Waals surface area contributed by atoms with Crippen molar-refractivity contribution < 1.29 is 4.79 Å². The van der Waals surface area contributed by atoms with Crippen LogP contribution in [0, 0.1) is 5.92 Å². The van der Waals surface area contributed by atoms with Crippen LogP contribution in [0.25, 0.3) is 22.3 Å². The summed E-state index contributed by atoms with van der Waals surface area (Å²) in [6.45, 7) is 1.87. The van der Waals surface area contributed by atoms with Crippen molar-refractivity contribution in [2.75, 3.05) is 13.1 Å². The molecule has 1 aliphatic heterocycles. The Hall–Kier alpha value is -3.94. The van der Waals surface area contributed by atoms with Crippen LogP contribution in [0.15, 0.2) is 72.2 Å². The first-order chi connectivity index (χ1) is 15.7.